The molecule has 2 unspecified atom stereocenters. The second-order valence-corrected chi connectivity index (χ2v) is 10.7. The van der Waals surface area contributed by atoms with Crippen LogP contribution in [0.3, 0.4) is 0 Å². The lowest BCUT2D eigenvalue weighted by molar-refractivity contribution is -0.141. The van der Waals surface area contributed by atoms with Gasteiger partial charge in [-0.05, 0) is 48.4 Å². The van der Waals surface area contributed by atoms with Gasteiger partial charge in [0.15, 0.2) is 0 Å². The van der Waals surface area contributed by atoms with Crippen LogP contribution >= 0.6 is 34.5 Å². The molecule has 2 atom stereocenters. The van der Waals surface area contributed by atoms with Crippen molar-refractivity contribution in [2.75, 3.05) is 33.2 Å². The lowest BCUT2D eigenvalue weighted by Gasteiger charge is -2.44. The van der Waals surface area contributed by atoms with Crippen LogP contribution in [0.1, 0.15) is 48.0 Å². The number of piperidine rings is 2. The van der Waals surface area contributed by atoms with Crippen molar-refractivity contribution in [3.63, 3.8) is 0 Å². The monoisotopic (exact) mass is 521 g/mol. The number of nitrogens with zero attached hydrogens (tertiary/aromatic N) is 3. The van der Waals surface area contributed by atoms with Crippen molar-refractivity contribution in [3.8, 4) is 0 Å². The quantitative estimate of drug-likeness (QED) is 0.582. The number of likely N-dealkylation sites (tertiary alicyclic amines) is 2. The van der Waals surface area contributed by atoms with Crippen LogP contribution in [0.5, 0.6) is 0 Å². The number of rotatable bonds is 4. The van der Waals surface area contributed by atoms with E-state index in [1.54, 1.807) is 17.9 Å². The molecule has 0 spiro atoms. The first-order valence-corrected chi connectivity index (χ1v) is 13.2. The molecule has 2 aliphatic rings. The van der Waals surface area contributed by atoms with Gasteiger partial charge in [0.25, 0.3) is 5.91 Å². The number of amides is 3. The molecule has 3 heterocycles. The highest BCUT2D eigenvalue weighted by molar-refractivity contribution is 7.08. The fraction of sp³-hybridized carbons (Fsp3) is 0.480. The van der Waals surface area contributed by atoms with E-state index in [1.807, 2.05) is 45.8 Å². The molecule has 4 rings (SSSR count). The predicted octanol–water partition coefficient (Wildman–Crippen LogP) is 4.77. The molecule has 2 aromatic rings. The number of halogens is 2. The lowest BCUT2D eigenvalue weighted by Crippen LogP contribution is -2.53. The number of carbonyl (C=O) groups is 3. The van der Waals surface area contributed by atoms with Crippen LogP contribution < -0.4 is 0 Å². The normalized spacial score (nSPS) is 21.4. The maximum absolute atomic E-state index is 13.4. The molecule has 0 aliphatic carbocycles. The van der Waals surface area contributed by atoms with Gasteiger partial charge < -0.3 is 14.7 Å². The minimum atomic E-state index is -0.0858. The van der Waals surface area contributed by atoms with E-state index >= 15 is 0 Å². The van der Waals surface area contributed by atoms with Gasteiger partial charge in [0.05, 0.1) is 15.6 Å². The molecule has 1 aromatic carbocycles. The second-order valence-electron chi connectivity index (χ2n) is 9.13. The maximum atomic E-state index is 13.4. The van der Waals surface area contributed by atoms with Gasteiger partial charge in [0.1, 0.15) is 0 Å². The van der Waals surface area contributed by atoms with E-state index < -0.39 is 0 Å². The van der Waals surface area contributed by atoms with Crippen LogP contribution in [-0.4, -0.2) is 71.7 Å². The number of hydrogen-bond donors (Lipinski definition) is 0. The van der Waals surface area contributed by atoms with Crippen LogP contribution in [-0.2, 0) is 9.59 Å². The fourth-order valence-corrected chi connectivity index (χ4v) is 6.05. The second kappa shape index (κ2) is 10.7. The van der Waals surface area contributed by atoms with Crippen LogP contribution in [0.25, 0.3) is 0 Å². The van der Waals surface area contributed by atoms with Gasteiger partial charge >= 0.3 is 0 Å². The first kappa shape index (κ1) is 25.0. The molecular formula is C25H29Cl2N3O3S. The first-order chi connectivity index (χ1) is 16.3. The Labute approximate surface area is 214 Å². The predicted molar refractivity (Wildman–Crippen MR) is 136 cm³/mol. The van der Waals surface area contributed by atoms with Gasteiger partial charge in [-0.25, -0.2) is 0 Å². The summed E-state index contributed by atoms with van der Waals surface area (Å²) in [6.45, 7) is 3.92. The van der Waals surface area contributed by atoms with Crippen molar-refractivity contribution in [2.24, 2.45) is 5.92 Å². The van der Waals surface area contributed by atoms with E-state index in [0.717, 1.165) is 5.56 Å². The zero-order chi connectivity index (χ0) is 24.4. The van der Waals surface area contributed by atoms with Crippen LogP contribution in [0.15, 0.2) is 35.0 Å². The van der Waals surface area contributed by atoms with Crippen molar-refractivity contribution < 1.29 is 14.4 Å². The summed E-state index contributed by atoms with van der Waals surface area (Å²) in [7, 11) is 1.84. The Morgan fingerprint density at radius 3 is 2.32 bits per heavy atom. The average molecular weight is 522 g/mol. The molecule has 6 nitrogen and oxygen atoms in total. The van der Waals surface area contributed by atoms with E-state index in [1.165, 1.54) is 11.3 Å². The summed E-state index contributed by atoms with van der Waals surface area (Å²) in [5.74, 6) is 0.0140. The molecule has 2 saturated heterocycles. The summed E-state index contributed by atoms with van der Waals surface area (Å²) in [5.41, 5.74) is 1.64. The molecule has 9 heteroatoms. The summed E-state index contributed by atoms with van der Waals surface area (Å²) in [6, 6.07) is 7.32. The number of thiophene rings is 1. The maximum Gasteiger partial charge on any atom is 0.254 e. The van der Waals surface area contributed by atoms with Crippen LogP contribution in [0, 0.1) is 5.92 Å². The van der Waals surface area contributed by atoms with Gasteiger partial charge in [-0.2, -0.15) is 11.3 Å². The summed E-state index contributed by atoms with van der Waals surface area (Å²) >= 11 is 14.0. The van der Waals surface area contributed by atoms with E-state index in [4.69, 9.17) is 23.2 Å². The first-order valence-electron chi connectivity index (χ1n) is 11.5. The molecule has 0 N–H and O–H groups in total. The Kier molecular flexibility index (Phi) is 7.85. The molecular weight excluding hydrogens is 493 g/mol. The summed E-state index contributed by atoms with van der Waals surface area (Å²) < 4.78 is 0. The fourth-order valence-electron chi connectivity index (χ4n) is 5.11. The van der Waals surface area contributed by atoms with Crippen molar-refractivity contribution in [1.29, 1.82) is 0 Å². The third-order valence-electron chi connectivity index (χ3n) is 7.14. The highest BCUT2D eigenvalue weighted by Gasteiger charge is 2.39. The minimum absolute atomic E-state index is 0.0207. The number of carbonyl (C=O) groups excluding carboxylic acids is 3. The van der Waals surface area contributed by atoms with E-state index in [2.05, 4.69) is 0 Å². The van der Waals surface area contributed by atoms with Crippen molar-refractivity contribution in [1.82, 2.24) is 14.7 Å². The third kappa shape index (κ3) is 5.26. The SMILES string of the molecule is CC(=O)N1CCC(C(=O)N2CCC(N(C)C(=O)c3ccsc3)C(c3ccc(Cl)c(Cl)c3)C2)CC1. The molecule has 2 fully saturated rings. The number of likely N-dealkylation sites (N-methyl/N-ethyl adjacent to an activating group) is 1. The smallest absolute Gasteiger partial charge is 0.254 e. The summed E-state index contributed by atoms with van der Waals surface area (Å²) in [5, 5.41) is 4.70. The van der Waals surface area contributed by atoms with Gasteiger partial charge in [-0.15, -0.1) is 0 Å². The van der Waals surface area contributed by atoms with Gasteiger partial charge in [-0.1, -0.05) is 29.3 Å². The molecule has 34 heavy (non-hydrogen) atoms. The third-order valence-corrected chi connectivity index (χ3v) is 8.56. The van der Waals surface area contributed by atoms with Crippen molar-refractivity contribution in [2.45, 2.75) is 38.1 Å². The van der Waals surface area contributed by atoms with Gasteiger partial charge in [0.2, 0.25) is 11.8 Å². The summed E-state index contributed by atoms with van der Waals surface area (Å²) in [6.07, 6.45) is 2.05. The topological polar surface area (TPSA) is 60.9 Å². The Bertz CT molecular complexity index is 1050. The molecule has 3 amide bonds. The zero-order valence-electron chi connectivity index (χ0n) is 19.4. The van der Waals surface area contributed by atoms with Gasteiger partial charge in [0, 0.05) is 63.4 Å². The molecule has 0 bridgehead atoms. The molecule has 0 saturated carbocycles. The van der Waals surface area contributed by atoms with Crippen LogP contribution in [0.2, 0.25) is 10.0 Å². The number of benzene rings is 1. The van der Waals surface area contributed by atoms with E-state index in [0.29, 0.717) is 61.1 Å². The minimum Gasteiger partial charge on any atom is -0.343 e. The average Bonchev–Trinajstić information content (AvgIpc) is 3.39. The molecule has 1 aromatic heterocycles. The molecule has 0 radical (unpaired) electrons. The van der Waals surface area contributed by atoms with Crippen LogP contribution in [0.4, 0.5) is 0 Å². The van der Waals surface area contributed by atoms with Gasteiger partial charge in [-0.3, -0.25) is 14.4 Å². The molecule has 2 aliphatic heterocycles. The van der Waals surface area contributed by atoms with E-state index in [9.17, 15) is 14.4 Å². The summed E-state index contributed by atoms with van der Waals surface area (Å²) in [4.78, 5) is 43.7. The van der Waals surface area contributed by atoms with Crippen molar-refractivity contribution >= 4 is 52.3 Å². The van der Waals surface area contributed by atoms with Crippen molar-refractivity contribution in [3.05, 3.63) is 56.2 Å². The standard InChI is InChI=1S/C25H29Cl2N3O3S/c1-16(31)29-9-5-17(6-10-29)25(33)30-11-7-23(28(2)24(32)19-8-12-34-15-19)20(14-30)18-3-4-21(26)22(27)13-18/h3-4,8,12-13,15,17,20,23H,5-7,9-11,14H2,1-2H3. The van der Waals surface area contributed by atoms with E-state index in [-0.39, 0.29) is 35.6 Å². The number of hydrogen-bond acceptors (Lipinski definition) is 4. The lowest BCUT2D eigenvalue weighted by atomic mass is 9.83. The Balaban J connectivity index is 1.54. The highest BCUT2D eigenvalue weighted by atomic mass is 35.5. The largest absolute Gasteiger partial charge is 0.343 e. The highest BCUT2D eigenvalue weighted by Crippen LogP contribution is 2.35. The molecule has 182 valence electrons. The Morgan fingerprint density at radius 2 is 1.71 bits per heavy atom. The Hall–Kier alpha value is -2.09. The Morgan fingerprint density at radius 1 is 1.00 bits per heavy atom. The zero-order valence-corrected chi connectivity index (χ0v) is 21.7.